The van der Waals surface area contributed by atoms with Crippen molar-refractivity contribution in [3.05, 3.63) is 26.9 Å². The van der Waals surface area contributed by atoms with Gasteiger partial charge in [0, 0.05) is 28.8 Å². The Bertz CT molecular complexity index is 429. The third-order valence-electron chi connectivity index (χ3n) is 2.29. The van der Waals surface area contributed by atoms with Crippen LogP contribution in [0.2, 0.25) is 0 Å². The van der Waals surface area contributed by atoms with Crippen LogP contribution in [-0.4, -0.2) is 37.8 Å². The van der Waals surface area contributed by atoms with E-state index in [2.05, 4.69) is 42.2 Å². The summed E-state index contributed by atoms with van der Waals surface area (Å²) in [7, 11) is 1.61. The van der Waals surface area contributed by atoms with Gasteiger partial charge in [-0.25, -0.2) is 4.79 Å². The summed E-state index contributed by atoms with van der Waals surface area (Å²) >= 11 is 6.73. The molecule has 0 fully saturated rings. The van der Waals surface area contributed by atoms with E-state index in [1.807, 2.05) is 6.07 Å². The van der Waals surface area contributed by atoms with Crippen molar-refractivity contribution in [2.75, 3.05) is 26.9 Å². The molecule has 1 heterocycles. The molecule has 1 atom stereocenters. The lowest BCUT2D eigenvalue weighted by Gasteiger charge is -2.17. The first-order chi connectivity index (χ1) is 9.10. The first-order valence-corrected chi connectivity index (χ1v) is 7.38. The van der Waals surface area contributed by atoms with Gasteiger partial charge in [-0.3, -0.25) is 10.3 Å². The van der Waals surface area contributed by atoms with E-state index in [0.717, 1.165) is 8.95 Å². The molecule has 0 aliphatic carbocycles. The minimum absolute atomic E-state index is 0.329. The lowest BCUT2D eigenvalue weighted by Crippen LogP contribution is -2.33. The van der Waals surface area contributed by atoms with Crippen molar-refractivity contribution in [2.24, 2.45) is 0 Å². The maximum Gasteiger partial charge on any atom is 0.329 e. The van der Waals surface area contributed by atoms with Crippen LogP contribution in [0.25, 0.3) is 0 Å². The quantitative estimate of drug-likeness (QED) is 0.567. The molecule has 1 N–H and O–H groups in total. The van der Waals surface area contributed by atoms with Gasteiger partial charge in [-0.15, -0.1) is 0 Å². The highest BCUT2D eigenvalue weighted by molar-refractivity contribution is 9.11. The van der Waals surface area contributed by atoms with E-state index in [4.69, 9.17) is 9.47 Å². The molecule has 1 aromatic rings. The summed E-state index contributed by atoms with van der Waals surface area (Å²) in [4.78, 5) is 16.2. The Hall–Kier alpha value is -0.500. The van der Waals surface area contributed by atoms with Gasteiger partial charge in [0.2, 0.25) is 0 Å². The predicted octanol–water partition coefficient (Wildman–Crippen LogP) is 2.45. The minimum Gasteiger partial charge on any atom is -0.465 e. The van der Waals surface area contributed by atoms with Crippen LogP contribution in [0.4, 0.5) is 0 Å². The molecule has 7 heteroatoms. The van der Waals surface area contributed by atoms with Crippen LogP contribution in [-0.2, 0) is 14.3 Å². The molecule has 0 amide bonds. The van der Waals surface area contributed by atoms with E-state index in [1.54, 1.807) is 20.2 Å². The second-order valence-electron chi connectivity index (χ2n) is 3.65. The Morgan fingerprint density at radius 2 is 2.26 bits per heavy atom. The predicted molar refractivity (Wildman–Crippen MR) is 78.9 cm³/mol. The summed E-state index contributed by atoms with van der Waals surface area (Å²) in [5, 5.41) is 3.07. The van der Waals surface area contributed by atoms with Crippen molar-refractivity contribution in [2.45, 2.75) is 13.0 Å². The van der Waals surface area contributed by atoms with Crippen LogP contribution < -0.4 is 5.32 Å². The average molecular weight is 396 g/mol. The fourth-order valence-electron chi connectivity index (χ4n) is 1.46. The molecule has 1 rings (SSSR count). The van der Waals surface area contributed by atoms with Gasteiger partial charge in [-0.1, -0.05) is 0 Å². The molecule has 19 heavy (non-hydrogen) atoms. The second kappa shape index (κ2) is 8.63. The van der Waals surface area contributed by atoms with Gasteiger partial charge in [0.25, 0.3) is 0 Å². The number of pyridine rings is 1. The number of hydrogen-bond donors (Lipinski definition) is 1. The minimum atomic E-state index is -0.613. The highest BCUT2D eigenvalue weighted by atomic mass is 79.9. The Balaban J connectivity index is 2.90. The zero-order valence-corrected chi connectivity index (χ0v) is 14.0. The van der Waals surface area contributed by atoms with Crippen LogP contribution in [0.3, 0.4) is 0 Å². The summed E-state index contributed by atoms with van der Waals surface area (Å²) in [6.07, 6.45) is 1.64. The van der Waals surface area contributed by atoms with Crippen molar-refractivity contribution in [1.82, 2.24) is 10.3 Å². The van der Waals surface area contributed by atoms with Crippen LogP contribution in [0.5, 0.6) is 0 Å². The molecule has 0 aromatic carbocycles. The van der Waals surface area contributed by atoms with Crippen molar-refractivity contribution in [3.8, 4) is 0 Å². The zero-order valence-electron chi connectivity index (χ0n) is 10.8. The monoisotopic (exact) mass is 394 g/mol. The molecule has 0 spiro atoms. The number of carbonyl (C=O) groups is 1. The number of rotatable bonds is 7. The van der Waals surface area contributed by atoms with Crippen molar-refractivity contribution in [1.29, 1.82) is 0 Å². The first kappa shape index (κ1) is 16.6. The number of methoxy groups -OCH3 is 1. The Kier molecular flexibility index (Phi) is 7.52. The van der Waals surface area contributed by atoms with E-state index < -0.39 is 6.04 Å². The molecule has 1 unspecified atom stereocenters. The number of carbonyl (C=O) groups excluding carboxylic acids is 1. The number of aromatic nitrogens is 1. The third kappa shape index (κ3) is 5.18. The van der Waals surface area contributed by atoms with E-state index >= 15 is 0 Å². The van der Waals surface area contributed by atoms with E-state index in [-0.39, 0.29) is 5.97 Å². The highest BCUT2D eigenvalue weighted by Gasteiger charge is 2.25. The summed E-state index contributed by atoms with van der Waals surface area (Å²) in [5.74, 6) is -0.353. The van der Waals surface area contributed by atoms with Crippen LogP contribution in [0.1, 0.15) is 18.7 Å². The molecule has 5 nitrogen and oxygen atoms in total. The second-order valence-corrected chi connectivity index (χ2v) is 5.42. The molecule has 0 bridgehead atoms. The maximum absolute atomic E-state index is 12.0. The zero-order chi connectivity index (χ0) is 14.3. The van der Waals surface area contributed by atoms with Gasteiger partial charge in [-0.05, 0) is 44.8 Å². The Morgan fingerprint density at radius 3 is 2.84 bits per heavy atom. The van der Waals surface area contributed by atoms with E-state index in [0.29, 0.717) is 25.5 Å². The lowest BCUT2D eigenvalue weighted by molar-refractivity contribution is -0.146. The molecule has 0 saturated carbocycles. The van der Waals surface area contributed by atoms with Crippen molar-refractivity contribution >= 4 is 37.8 Å². The molecule has 0 saturated heterocycles. The number of nitrogens with one attached hydrogen (secondary N) is 1. The SMILES string of the molecule is CCOC(=O)C(NCCOC)c1ncc(Br)cc1Br. The lowest BCUT2D eigenvalue weighted by atomic mass is 10.2. The fraction of sp³-hybridized carbons (Fsp3) is 0.500. The summed E-state index contributed by atoms with van der Waals surface area (Å²) in [5.41, 5.74) is 0.595. The van der Waals surface area contributed by atoms with Gasteiger partial charge in [0.1, 0.15) is 6.04 Å². The molecular formula is C12H16Br2N2O3. The number of halogens is 2. The fourth-order valence-corrected chi connectivity index (χ4v) is 2.68. The Labute approximate surface area is 129 Å². The van der Waals surface area contributed by atoms with Gasteiger partial charge in [-0.2, -0.15) is 0 Å². The molecule has 0 radical (unpaired) electrons. The van der Waals surface area contributed by atoms with Crippen LogP contribution >= 0.6 is 31.9 Å². The number of ether oxygens (including phenoxy) is 2. The number of nitrogens with zero attached hydrogens (tertiary/aromatic N) is 1. The summed E-state index contributed by atoms with van der Waals surface area (Å²) in [6, 6.07) is 1.23. The summed E-state index contributed by atoms with van der Waals surface area (Å²) in [6.45, 7) is 3.14. The number of esters is 1. The van der Waals surface area contributed by atoms with Crippen LogP contribution in [0, 0.1) is 0 Å². The highest BCUT2D eigenvalue weighted by Crippen LogP contribution is 2.25. The van der Waals surface area contributed by atoms with Crippen molar-refractivity contribution in [3.63, 3.8) is 0 Å². The van der Waals surface area contributed by atoms with Crippen molar-refractivity contribution < 1.29 is 14.3 Å². The van der Waals surface area contributed by atoms with Gasteiger partial charge in [0.15, 0.2) is 0 Å². The number of hydrogen-bond acceptors (Lipinski definition) is 5. The van der Waals surface area contributed by atoms with Gasteiger partial charge >= 0.3 is 5.97 Å². The average Bonchev–Trinajstić information content (AvgIpc) is 2.36. The molecule has 0 aliphatic rings. The van der Waals surface area contributed by atoms with Gasteiger partial charge in [0.05, 0.1) is 18.9 Å². The normalized spacial score (nSPS) is 12.2. The third-order valence-corrected chi connectivity index (χ3v) is 3.36. The first-order valence-electron chi connectivity index (χ1n) is 5.80. The maximum atomic E-state index is 12.0. The van der Waals surface area contributed by atoms with Crippen LogP contribution in [0.15, 0.2) is 21.2 Å². The van der Waals surface area contributed by atoms with E-state index in [1.165, 1.54) is 0 Å². The topological polar surface area (TPSA) is 60.5 Å². The Morgan fingerprint density at radius 1 is 1.53 bits per heavy atom. The molecule has 106 valence electrons. The largest absolute Gasteiger partial charge is 0.465 e. The van der Waals surface area contributed by atoms with E-state index in [9.17, 15) is 4.79 Å². The molecule has 0 aliphatic heterocycles. The summed E-state index contributed by atoms with van der Waals surface area (Å²) < 4.78 is 11.6. The van der Waals surface area contributed by atoms with Gasteiger partial charge < -0.3 is 9.47 Å². The smallest absolute Gasteiger partial charge is 0.329 e. The molecule has 1 aromatic heterocycles. The molecular weight excluding hydrogens is 380 g/mol. The standard InChI is InChI=1S/C12H16Br2N2O3/c1-3-19-12(17)11(15-4-5-18-2)10-9(14)6-8(13)7-16-10/h6-7,11,15H,3-5H2,1-2H3.